The first-order chi connectivity index (χ1) is 9.27. The van der Waals surface area contributed by atoms with Crippen molar-refractivity contribution in [1.29, 1.82) is 0 Å². The third-order valence-electron chi connectivity index (χ3n) is 4.49. The fraction of sp³-hybridized carbons (Fsp3) is 1.00. The van der Waals surface area contributed by atoms with E-state index in [9.17, 15) is 0 Å². The van der Waals surface area contributed by atoms with Crippen LogP contribution in [0.5, 0.6) is 0 Å². The van der Waals surface area contributed by atoms with Crippen molar-refractivity contribution in [3.63, 3.8) is 0 Å². The van der Waals surface area contributed by atoms with Gasteiger partial charge in [0.15, 0.2) is 0 Å². The van der Waals surface area contributed by atoms with Crippen LogP contribution in [0.25, 0.3) is 0 Å². The fourth-order valence-electron chi connectivity index (χ4n) is 2.94. The molecule has 0 bridgehead atoms. The maximum atomic E-state index is 2.46. The van der Waals surface area contributed by atoms with Gasteiger partial charge in [0.2, 0.25) is 0 Å². The highest BCUT2D eigenvalue weighted by molar-refractivity contribution is 4.68. The van der Waals surface area contributed by atoms with Gasteiger partial charge < -0.3 is 0 Å². The lowest BCUT2D eigenvalue weighted by atomic mass is 9.82. The molecular weight excluding hydrogens is 240 g/mol. The van der Waals surface area contributed by atoms with E-state index in [1.54, 1.807) is 0 Å². The first-order valence-electron chi connectivity index (χ1n) is 9.27. The van der Waals surface area contributed by atoms with Crippen LogP contribution in [0.1, 0.15) is 119 Å². The van der Waals surface area contributed by atoms with Gasteiger partial charge in [0.05, 0.1) is 0 Å². The van der Waals surface area contributed by atoms with Gasteiger partial charge in [-0.05, 0) is 30.1 Å². The van der Waals surface area contributed by atoms with Gasteiger partial charge in [-0.2, -0.15) is 0 Å². The molecule has 0 radical (unpaired) electrons. The first kappa shape index (κ1) is 20.0. The van der Waals surface area contributed by atoms with Crippen LogP contribution in [0, 0.1) is 10.8 Å². The standard InChI is InChI=1S/C20H42/c1-7-8-13-17-20(5,6)18-15-12-10-9-11-14-16-19(2,3)4/h7-18H2,1-6H3. The van der Waals surface area contributed by atoms with E-state index in [1.165, 1.54) is 77.0 Å². The second-order valence-corrected chi connectivity index (χ2v) is 8.80. The summed E-state index contributed by atoms with van der Waals surface area (Å²) in [7, 11) is 0. The van der Waals surface area contributed by atoms with Crippen molar-refractivity contribution in [2.45, 2.75) is 119 Å². The van der Waals surface area contributed by atoms with Gasteiger partial charge in [-0.1, -0.05) is 99.3 Å². The van der Waals surface area contributed by atoms with Gasteiger partial charge in [0.25, 0.3) is 0 Å². The van der Waals surface area contributed by atoms with Gasteiger partial charge in [0.1, 0.15) is 0 Å². The normalized spacial score (nSPS) is 12.9. The average Bonchev–Trinajstić information content (AvgIpc) is 2.31. The Kier molecular flexibility index (Phi) is 10.7. The van der Waals surface area contributed by atoms with Gasteiger partial charge in [-0.15, -0.1) is 0 Å². The topological polar surface area (TPSA) is 0 Å². The smallest absolute Gasteiger partial charge is 0.0354 e. The highest BCUT2D eigenvalue weighted by Crippen LogP contribution is 2.30. The molecular formula is C20H42. The first-order valence-corrected chi connectivity index (χ1v) is 9.27. The largest absolute Gasteiger partial charge is 0.0654 e. The molecule has 0 aromatic heterocycles. The summed E-state index contributed by atoms with van der Waals surface area (Å²) in [5, 5.41) is 0. The molecule has 20 heavy (non-hydrogen) atoms. The molecule has 0 heterocycles. The lowest BCUT2D eigenvalue weighted by molar-refractivity contribution is 0.283. The van der Waals surface area contributed by atoms with Crippen LogP contribution in [-0.2, 0) is 0 Å². The molecule has 122 valence electrons. The molecule has 0 unspecified atom stereocenters. The quantitative estimate of drug-likeness (QED) is 0.321. The van der Waals surface area contributed by atoms with E-state index in [1.807, 2.05) is 0 Å². The van der Waals surface area contributed by atoms with Crippen LogP contribution in [-0.4, -0.2) is 0 Å². The van der Waals surface area contributed by atoms with Crippen molar-refractivity contribution in [2.24, 2.45) is 10.8 Å². The number of unbranched alkanes of at least 4 members (excludes halogenated alkanes) is 7. The third kappa shape index (κ3) is 14.4. The summed E-state index contributed by atoms with van der Waals surface area (Å²) in [6.07, 6.45) is 17.1. The predicted molar refractivity (Wildman–Crippen MR) is 94.3 cm³/mol. The van der Waals surface area contributed by atoms with Crippen LogP contribution >= 0.6 is 0 Å². The van der Waals surface area contributed by atoms with Crippen molar-refractivity contribution < 1.29 is 0 Å². The van der Waals surface area contributed by atoms with Gasteiger partial charge >= 0.3 is 0 Å². The summed E-state index contributed by atoms with van der Waals surface area (Å²) >= 11 is 0. The molecule has 0 rings (SSSR count). The van der Waals surface area contributed by atoms with Crippen molar-refractivity contribution >= 4 is 0 Å². The molecule has 0 aromatic carbocycles. The summed E-state index contributed by atoms with van der Waals surface area (Å²) in [6.45, 7) is 14.3. The van der Waals surface area contributed by atoms with E-state index in [0.29, 0.717) is 10.8 Å². The average molecular weight is 283 g/mol. The molecule has 0 saturated carbocycles. The molecule has 0 aliphatic carbocycles. The molecule has 0 nitrogen and oxygen atoms in total. The maximum absolute atomic E-state index is 2.46. The highest BCUT2D eigenvalue weighted by atomic mass is 14.2. The van der Waals surface area contributed by atoms with E-state index in [4.69, 9.17) is 0 Å². The Bertz CT molecular complexity index is 207. The molecule has 0 spiro atoms. The lowest BCUT2D eigenvalue weighted by Crippen LogP contribution is -2.10. The summed E-state index contributed by atoms with van der Waals surface area (Å²) in [5.74, 6) is 0. The van der Waals surface area contributed by atoms with Gasteiger partial charge in [-0.25, -0.2) is 0 Å². The fourth-order valence-corrected chi connectivity index (χ4v) is 2.94. The Morgan fingerprint density at radius 3 is 1.35 bits per heavy atom. The molecule has 0 saturated heterocycles. The van der Waals surface area contributed by atoms with E-state index < -0.39 is 0 Å². The maximum Gasteiger partial charge on any atom is -0.0354 e. The van der Waals surface area contributed by atoms with Gasteiger partial charge in [0, 0.05) is 0 Å². The number of hydrogen-bond donors (Lipinski definition) is 0. The van der Waals surface area contributed by atoms with E-state index >= 15 is 0 Å². The van der Waals surface area contributed by atoms with Crippen molar-refractivity contribution in [3.8, 4) is 0 Å². The van der Waals surface area contributed by atoms with E-state index in [0.717, 1.165) is 0 Å². The molecule has 0 fully saturated rings. The van der Waals surface area contributed by atoms with Crippen LogP contribution < -0.4 is 0 Å². The second kappa shape index (κ2) is 10.7. The predicted octanol–water partition coefficient (Wildman–Crippen LogP) is 7.76. The molecule has 0 atom stereocenters. The Hall–Kier alpha value is 0. The number of hydrogen-bond acceptors (Lipinski definition) is 0. The van der Waals surface area contributed by atoms with Crippen molar-refractivity contribution in [3.05, 3.63) is 0 Å². The SMILES string of the molecule is CCCCCC(C)(C)CCCCCCCCC(C)(C)C. The molecule has 0 aliphatic rings. The van der Waals surface area contributed by atoms with Gasteiger partial charge in [-0.3, -0.25) is 0 Å². The molecule has 0 amide bonds. The summed E-state index contributed by atoms with van der Waals surface area (Å²) in [6, 6.07) is 0. The van der Waals surface area contributed by atoms with Crippen LogP contribution in [0.4, 0.5) is 0 Å². The zero-order chi connectivity index (χ0) is 15.5. The molecule has 0 heteroatoms. The third-order valence-corrected chi connectivity index (χ3v) is 4.49. The minimum atomic E-state index is 0.530. The minimum Gasteiger partial charge on any atom is -0.0654 e. The monoisotopic (exact) mass is 282 g/mol. The second-order valence-electron chi connectivity index (χ2n) is 8.80. The Morgan fingerprint density at radius 2 is 0.900 bits per heavy atom. The molecule has 0 N–H and O–H groups in total. The van der Waals surface area contributed by atoms with Crippen molar-refractivity contribution in [2.75, 3.05) is 0 Å². The Balaban J connectivity index is 3.38. The summed E-state index contributed by atoms with van der Waals surface area (Å²) in [4.78, 5) is 0. The van der Waals surface area contributed by atoms with Crippen LogP contribution in [0.3, 0.4) is 0 Å². The van der Waals surface area contributed by atoms with Crippen LogP contribution in [0.15, 0.2) is 0 Å². The van der Waals surface area contributed by atoms with E-state index in [-0.39, 0.29) is 0 Å². The van der Waals surface area contributed by atoms with Crippen LogP contribution in [0.2, 0.25) is 0 Å². The molecule has 0 aliphatic heterocycles. The minimum absolute atomic E-state index is 0.530. The number of rotatable bonds is 12. The zero-order valence-corrected chi connectivity index (χ0v) is 15.5. The lowest BCUT2D eigenvalue weighted by Gasteiger charge is -2.24. The zero-order valence-electron chi connectivity index (χ0n) is 15.5. The van der Waals surface area contributed by atoms with E-state index in [2.05, 4.69) is 41.5 Å². The molecule has 0 aromatic rings. The summed E-state index contributed by atoms with van der Waals surface area (Å²) in [5.41, 5.74) is 1.11. The Morgan fingerprint density at radius 1 is 0.500 bits per heavy atom. The van der Waals surface area contributed by atoms with Crippen molar-refractivity contribution in [1.82, 2.24) is 0 Å². The summed E-state index contributed by atoms with van der Waals surface area (Å²) < 4.78 is 0. The Labute approximate surface area is 130 Å². The highest BCUT2D eigenvalue weighted by Gasteiger charge is 2.16.